The molecule has 36 heavy (non-hydrogen) atoms. The van der Waals surface area contributed by atoms with Crippen LogP contribution < -0.4 is 15.4 Å². The lowest BCUT2D eigenvalue weighted by atomic mass is 10.0. The third-order valence-corrected chi connectivity index (χ3v) is 6.50. The van der Waals surface area contributed by atoms with Gasteiger partial charge in [-0.1, -0.05) is 24.3 Å². The first kappa shape index (κ1) is 25.1. The fourth-order valence-corrected chi connectivity index (χ4v) is 4.61. The lowest BCUT2D eigenvalue weighted by molar-refractivity contribution is -0.384. The van der Waals surface area contributed by atoms with Crippen molar-refractivity contribution in [3.8, 4) is 5.75 Å². The van der Waals surface area contributed by atoms with Crippen molar-refractivity contribution in [2.24, 2.45) is 0 Å². The molecule has 188 valence electrons. The van der Waals surface area contributed by atoms with Crippen LogP contribution in [-0.4, -0.2) is 47.5 Å². The number of carbonyl (C=O) groups is 1. The van der Waals surface area contributed by atoms with Crippen molar-refractivity contribution >= 4 is 17.3 Å². The molecule has 2 unspecified atom stereocenters. The number of benzene rings is 2. The zero-order chi connectivity index (χ0) is 25.5. The summed E-state index contributed by atoms with van der Waals surface area (Å²) in [7, 11) is 1.64. The van der Waals surface area contributed by atoms with E-state index in [2.05, 4.69) is 20.5 Å². The maximum Gasteiger partial charge on any atom is 0.293 e. The number of rotatable bonds is 10. The van der Waals surface area contributed by atoms with E-state index < -0.39 is 4.92 Å². The smallest absolute Gasteiger partial charge is 0.293 e. The Morgan fingerprint density at radius 3 is 2.58 bits per heavy atom. The number of methoxy groups -OCH3 is 1. The summed E-state index contributed by atoms with van der Waals surface area (Å²) in [5, 5.41) is 17.9. The second-order valence-corrected chi connectivity index (χ2v) is 8.82. The van der Waals surface area contributed by atoms with Crippen LogP contribution >= 0.6 is 0 Å². The molecule has 2 atom stereocenters. The van der Waals surface area contributed by atoms with E-state index in [0.29, 0.717) is 12.2 Å². The van der Waals surface area contributed by atoms with E-state index in [-0.39, 0.29) is 29.2 Å². The lowest BCUT2D eigenvalue weighted by Crippen LogP contribution is -2.37. The highest BCUT2D eigenvalue weighted by molar-refractivity contribution is 5.95. The molecular formula is C27H31N5O4. The molecule has 2 heterocycles. The van der Waals surface area contributed by atoms with Crippen LogP contribution in [0.2, 0.25) is 0 Å². The van der Waals surface area contributed by atoms with Gasteiger partial charge < -0.3 is 15.4 Å². The molecule has 4 rings (SSSR count). The van der Waals surface area contributed by atoms with E-state index in [0.717, 1.165) is 42.9 Å². The molecule has 0 aliphatic carbocycles. The number of para-hydroxylation sites is 1. The van der Waals surface area contributed by atoms with E-state index in [1.807, 2.05) is 49.4 Å². The molecule has 1 aliphatic rings. The number of carbonyl (C=O) groups excluding carboxylic acids is 1. The quantitative estimate of drug-likeness (QED) is 0.313. The highest BCUT2D eigenvalue weighted by Crippen LogP contribution is 2.32. The maximum absolute atomic E-state index is 13.1. The highest BCUT2D eigenvalue weighted by Gasteiger charge is 2.27. The highest BCUT2D eigenvalue weighted by atomic mass is 16.6. The third-order valence-electron chi connectivity index (χ3n) is 6.50. The Morgan fingerprint density at radius 1 is 1.14 bits per heavy atom. The molecule has 3 aromatic rings. The number of nitrogens with zero attached hydrogens (tertiary/aromatic N) is 3. The number of nitro benzene ring substituents is 1. The fourth-order valence-electron chi connectivity index (χ4n) is 4.61. The largest absolute Gasteiger partial charge is 0.496 e. The van der Waals surface area contributed by atoms with Crippen LogP contribution in [0.5, 0.6) is 5.75 Å². The van der Waals surface area contributed by atoms with Crippen molar-refractivity contribution in [3.05, 3.63) is 93.8 Å². The number of amides is 1. The van der Waals surface area contributed by atoms with Gasteiger partial charge in [-0.3, -0.25) is 24.8 Å². The number of hydrogen-bond donors (Lipinski definition) is 2. The molecule has 1 aromatic heterocycles. The van der Waals surface area contributed by atoms with Crippen molar-refractivity contribution in [1.29, 1.82) is 0 Å². The zero-order valence-electron chi connectivity index (χ0n) is 20.5. The number of pyridine rings is 1. The van der Waals surface area contributed by atoms with Gasteiger partial charge in [-0.05, 0) is 63.2 Å². The topological polar surface area (TPSA) is 110 Å². The number of likely N-dealkylation sites (tertiary alicyclic amines) is 1. The van der Waals surface area contributed by atoms with E-state index in [1.54, 1.807) is 25.4 Å². The van der Waals surface area contributed by atoms with E-state index in [4.69, 9.17) is 4.74 Å². The van der Waals surface area contributed by atoms with E-state index in [9.17, 15) is 14.9 Å². The summed E-state index contributed by atoms with van der Waals surface area (Å²) in [6, 6.07) is 17.5. The summed E-state index contributed by atoms with van der Waals surface area (Å²) in [4.78, 5) is 31.0. The van der Waals surface area contributed by atoms with Crippen LogP contribution in [0.1, 0.15) is 53.5 Å². The van der Waals surface area contributed by atoms with Gasteiger partial charge in [-0.25, -0.2) is 0 Å². The Bertz CT molecular complexity index is 1200. The fraction of sp³-hybridized carbons (Fsp3) is 0.333. The van der Waals surface area contributed by atoms with Gasteiger partial charge in [-0.15, -0.1) is 0 Å². The minimum Gasteiger partial charge on any atom is -0.496 e. The molecule has 0 radical (unpaired) electrons. The monoisotopic (exact) mass is 489 g/mol. The SMILES string of the molecule is COc1ccccc1C(CNC(=O)c1ccc(NC(C)c2ccccn2)c([N+](=O)[O-])c1)N1CCCC1. The van der Waals surface area contributed by atoms with Gasteiger partial charge in [0.1, 0.15) is 11.4 Å². The summed E-state index contributed by atoms with van der Waals surface area (Å²) >= 11 is 0. The molecule has 1 amide bonds. The Kier molecular flexibility index (Phi) is 8.12. The number of anilines is 1. The minimum absolute atomic E-state index is 0.0530. The maximum atomic E-state index is 13.1. The Balaban J connectivity index is 1.51. The summed E-state index contributed by atoms with van der Waals surface area (Å²) in [5.74, 6) is 0.415. The van der Waals surface area contributed by atoms with Crippen LogP contribution in [0.25, 0.3) is 0 Å². The van der Waals surface area contributed by atoms with E-state index in [1.165, 1.54) is 6.07 Å². The van der Waals surface area contributed by atoms with Gasteiger partial charge in [0.25, 0.3) is 11.6 Å². The molecule has 0 spiro atoms. The minimum atomic E-state index is -0.480. The standard InChI is InChI=1S/C27H31N5O4/c1-19(22-10-5-6-14-28-22)30-23-13-12-20(17-24(23)32(34)35)27(33)29-18-25(31-15-7-8-16-31)21-9-3-4-11-26(21)36-2/h3-6,9-14,17,19,25,30H,7-8,15-16,18H2,1-2H3,(H,29,33). The Hall–Kier alpha value is -3.98. The van der Waals surface area contributed by atoms with Crippen molar-refractivity contribution in [3.63, 3.8) is 0 Å². The van der Waals surface area contributed by atoms with Crippen molar-refractivity contribution < 1.29 is 14.5 Å². The summed E-state index contributed by atoms with van der Waals surface area (Å²) < 4.78 is 5.57. The molecule has 9 heteroatoms. The molecule has 1 aliphatic heterocycles. The summed E-state index contributed by atoms with van der Waals surface area (Å²) in [6.07, 6.45) is 3.89. The van der Waals surface area contributed by atoms with Gasteiger partial charge in [0.2, 0.25) is 0 Å². The van der Waals surface area contributed by atoms with Crippen molar-refractivity contribution in [2.75, 3.05) is 32.1 Å². The number of nitrogens with one attached hydrogen (secondary N) is 2. The second-order valence-electron chi connectivity index (χ2n) is 8.82. The Morgan fingerprint density at radius 2 is 1.89 bits per heavy atom. The average molecular weight is 490 g/mol. The zero-order valence-corrected chi connectivity index (χ0v) is 20.5. The van der Waals surface area contributed by atoms with Crippen LogP contribution in [0, 0.1) is 10.1 Å². The van der Waals surface area contributed by atoms with Crippen molar-refractivity contribution in [1.82, 2.24) is 15.2 Å². The predicted octanol–water partition coefficient (Wildman–Crippen LogP) is 4.74. The van der Waals surface area contributed by atoms with Crippen LogP contribution in [0.15, 0.2) is 66.9 Å². The summed E-state index contributed by atoms with van der Waals surface area (Å²) in [5.41, 5.74) is 2.18. The van der Waals surface area contributed by atoms with E-state index >= 15 is 0 Å². The molecule has 0 bridgehead atoms. The average Bonchev–Trinajstić information content (AvgIpc) is 3.44. The van der Waals surface area contributed by atoms with Gasteiger partial charge >= 0.3 is 0 Å². The van der Waals surface area contributed by atoms with Crippen LogP contribution in [0.4, 0.5) is 11.4 Å². The molecule has 1 fully saturated rings. The Labute approximate surface area is 210 Å². The molecule has 2 N–H and O–H groups in total. The normalized spacial score (nSPS) is 15.2. The predicted molar refractivity (Wildman–Crippen MR) is 138 cm³/mol. The van der Waals surface area contributed by atoms with Gasteiger partial charge in [-0.2, -0.15) is 0 Å². The molecule has 9 nitrogen and oxygen atoms in total. The number of nitro groups is 1. The van der Waals surface area contributed by atoms with Gasteiger partial charge in [0.15, 0.2) is 0 Å². The first-order valence-corrected chi connectivity index (χ1v) is 12.1. The molecule has 2 aromatic carbocycles. The number of aromatic nitrogens is 1. The lowest BCUT2D eigenvalue weighted by Gasteiger charge is -2.29. The number of ether oxygens (including phenoxy) is 1. The molecule has 0 saturated carbocycles. The number of hydrogen-bond acceptors (Lipinski definition) is 7. The van der Waals surface area contributed by atoms with Crippen molar-refractivity contribution in [2.45, 2.75) is 31.8 Å². The third kappa shape index (κ3) is 5.80. The first-order chi connectivity index (χ1) is 17.5. The second kappa shape index (κ2) is 11.6. The summed E-state index contributed by atoms with van der Waals surface area (Å²) in [6.45, 7) is 4.13. The molecule has 1 saturated heterocycles. The van der Waals surface area contributed by atoms with Gasteiger partial charge in [0.05, 0.1) is 29.8 Å². The van der Waals surface area contributed by atoms with Gasteiger partial charge in [0, 0.05) is 29.9 Å². The first-order valence-electron chi connectivity index (χ1n) is 12.1. The van der Waals surface area contributed by atoms with Crippen LogP contribution in [0.3, 0.4) is 0 Å². The molecular weight excluding hydrogens is 458 g/mol. The van der Waals surface area contributed by atoms with Crippen LogP contribution in [-0.2, 0) is 0 Å².